The summed E-state index contributed by atoms with van der Waals surface area (Å²) < 4.78 is 6.31. The predicted octanol–water partition coefficient (Wildman–Crippen LogP) is 5.70. The summed E-state index contributed by atoms with van der Waals surface area (Å²) in [5.74, 6) is 1.40. The fourth-order valence-corrected chi connectivity index (χ4v) is 9.01. The average Bonchev–Trinajstić information content (AvgIpc) is 3.54. The minimum absolute atomic E-state index is 0.0273. The van der Waals surface area contributed by atoms with E-state index < -0.39 is 6.04 Å². The van der Waals surface area contributed by atoms with Crippen LogP contribution in [0.5, 0.6) is 11.5 Å². The molecule has 0 aromatic heterocycles. The van der Waals surface area contributed by atoms with Crippen LogP contribution in [0, 0.1) is 0 Å². The van der Waals surface area contributed by atoms with Gasteiger partial charge in [0.2, 0.25) is 11.8 Å². The largest absolute Gasteiger partial charge is 0.508 e. The summed E-state index contributed by atoms with van der Waals surface area (Å²) in [6.45, 7) is 11.0. The molecule has 1 unspecified atom stereocenters. The maximum absolute atomic E-state index is 13.1. The monoisotopic (exact) mass is 753 g/mol. The quantitative estimate of drug-likeness (QED) is 0.180. The predicted molar refractivity (Wildman–Crippen MR) is 215 cm³/mol. The summed E-state index contributed by atoms with van der Waals surface area (Å²) in [6.07, 6.45) is 3.21. The molecule has 3 aliphatic heterocycles. The Morgan fingerprint density at radius 1 is 0.911 bits per heavy atom. The summed E-state index contributed by atoms with van der Waals surface area (Å²) in [5.41, 5.74) is 8.22. The van der Waals surface area contributed by atoms with Crippen LogP contribution in [0.1, 0.15) is 81.8 Å². The van der Waals surface area contributed by atoms with Gasteiger partial charge in [-0.1, -0.05) is 67.2 Å². The number of nitrogens with zero attached hydrogens (tertiary/aromatic N) is 3. The van der Waals surface area contributed by atoms with Crippen molar-refractivity contribution < 1.29 is 24.2 Å². The number of carbonyl (C=O) groups excluding carboxylic acids is 3. The summed E-state index contributed by atoms with van der Waals surface area (Å²) in [5, 5.41) is 16.0. The second-order valence-corrected chi connectivity index (χ2v) is 15.8. The molecule has 10 nitrogen and oxygen atoms in total. The van der Waals surface area contributed by atoms with Crippen molar-refractivity contribution in [2.45, 2.75) is 69.6 Å². The van der Waals surface area contributed by atoms with E-state index in [-0.39, 0.29) is 29.7 Å². The smallest absolute Gasteiger partial charge is 0.255 e. The van der Waals surface area contributed by atoms with Gasteiger partial charge < -0.3 is 25.4 Å². The van der Waals surface area contributed by atoms with Crippen molar-refractivity contribution in [3.63, 3.8) is 0 Å². The van der Waals surface area contributed by atoms with Crippen molar-refractivity contribution in [2.75, 3.05) is 39.3 Å². The normalized spacial score (nSPS) is 21.9. The zero-order chi connectivity index (χ0) is 38.8. The molecule has 0 spiro atoms. The number of rotatable bonds is 11. The van der Waals surface area contributed by atoms with Crippen molar-refractivity contribution in [3.05, 3.63) is 142 Å². The van der Waals surface area contributed by atoms with E-state index in [0.717, 1.165) is 55.9 Å². The van der Waals surface area contributed by atoms with Gasteiger partial charge >= 0.3 is 0 Å². The van der Waals surface area contributed by atoms with E-state index in [1.165, 1.54) is 22.3 Å². The maximum atomic E-state index is 13.1. The molecule has 0 bridgehead atoms. The molecule has 56 heavy (non-hydrogen) atoms. The van der Waals surface area contributed by atoms with Crippen LogP contribution in [-0.4, -0.2) is 88.9 Å². The van der Waals surface area contributed by atoms with Crippen molar-refractivity contribution >= 4 is 17.7 Å². The van der Waals surface area contributed by atoms with Gasteiger partial charge in [-0.25, -0.2) is 0 Å². The molecule has 0 saturated carbocycles. The Balaban J connectivity index is 0.789. The number of piperazine rings is 1. The topological polar surface area (TPSA) is 114 Å². The van der Waals surface area contributed by atoms with E-state index >= 15 is 0 Å². The first kappa shape index (κ1) is 37.5. The number of carbonyl (C=O) groups is 3. The Morgan fingerprint density at radius 3 is 2.46 bits per heavy atom. The number of hydrogen-bond donors (Lipinski definition) is 3. The number of fused-ring (bicyclic) bond motifs is 2. The number of ether oxygens (including phenoxy) is 1. The molecule has 10 heteroatoms. The maximum Gasteiger partial charge on any atom is 0.255 e. The summed E-state index contributed by atoms with van der Waals surface area (Å²) in [6, 6.07) is 30.5. The van der Waals surface area contributed by atoms with Gasteiger partial charge in [0.25, 0.3) is 5.91 Å². The van der Waals surface area contributed by atoms with Crippen LogP contribution < -0.4 is 15.4 Å². The lowest BCUT2D eigenvalue weighted by Gasteiger charge is -2.37. The first-order chi connectivity index (χ1) is 27.2. The molecule has 3 amide bonds. The molecule has 2 fully saturated rings. The lowest BCUT2D eigenvalue weighted by molar-refractivity contribution is -0.126. The van der Waals surface area contributed by atoms with Gasteiger partial charge in [-0.3, -0.25) is 24.2 Å². The van der Waals surface area contributed by atoms with Crippen molar-refractivity contribution in [2.24, 2.45) is 0 Å². The highest BCUT2D eigenvalue weighted by Gasteiger charge is 2.38. The van der Waals surface area contributed by atoms with Crippen LogP contribution in [0.4, 0.5) is 0 Å². The third kappa shape index (κ3) is 8.08. The number of aryl methyl sites for hydroxylation is 1. The molecule has 4 aromatic carbocycles. The molecular weight excluding hydrogens is 703 g/mol. The van der Waals surface area contributed by atoms with E-state index in [2.05, 4.69) is 94.6 Å². The second kappa shape index (κ2) is 16.3. The molecule has 3 N–H and O–H groups in total. The van der Waals surface area contributed by atoms with E-state index in [1.807, 2.05) is 30.3 Å². The first-order valence-corrected chi connectivity index (χ1v) is 19.9. The molecule has 290 valence electrons. The molecule has 0 radical (unpaired) electrons. The molecule has 2 saturated heterocycles. The average molecular weight is 754 g/mol. The lowest BCUT2D eigenvalue weighted by Crippen LogP contribution is -2.52. The van der Waals surface area contributed by atoms with Gasteiger partial charge in [0.1, 0.15) is 24.1 Å². The number of nitrogens with one attached hydrogen (secondary N) is 2. The molecule has 8 rings (SSSR count). The van der Waals surface area contributed by atoms with Crippen molar-refractivity contribution in [1.29, 1.82) is 0 Å². The van der Waals surface area contributed by atoms with Crippen molar-refractivity contribution in [3.8, 4) is 11.5 Å². The van der Waals surface area contributed by atoms with Gasteiger partial charge in [0.15, 0.2) is 0 Å². The Bertz CT molecular complexity index is 2090. The third-order valence-corrected chi connectivity index (χ3v) is 12.1. The Morgan fingerprint density at radius 2 is 1.70 bits per heavy atom. The van der Waals surface area contributed by atoms with Crippen LogP contribution in [0.3, 0.4) is 0 Å². The van der Waals surface area contributed by atoms with Gasteiger partial charge in [-0.15, -0.1) is 0 Å². The van der Waals surface area contributed by atoms with Gasteiger partial charge in [0, 0.05) is 62.5 Å². The summed E-state index contributed by atoms with van der Waals surface area (Å²) in [7, 11) is 0. The number of benzene rings is 4. The summed E-state index contributed by atoms with van der Waals surface area (Å²) >= 11 is 0. The van der Waals surface area contributed by atoms with E-state index in [1.54, 1.807) is 4.90 Å². The highest BCUT2D eigenvalue weighted by molar-refractivity contribution is 6.01. The Hall–Kier alpha value is -5.45. The molecule has 4 aliphatic rings. The Kier molecular flexibility index (Phi) is 10.9. The summed E-state index contributed by atoms with van der Waals surface area (Å²) in [4.78, 5) is 44.8. The van der Waals surface area contributed by atoms with E-state index in [4.69, 9.17) is 4.74 Å². The number of hydrogen-bond acceptors (Lipinski definition) is 7. The van der Waals surface area contributed by atoms with Crippen LogP contribution in [0.25, 0.3) is 0 Å². The van der Waals surface area contributed by atoms with Crippen LogP contribution >= 0.6 is 0 Å². The second-order valence-electron chi connectivity index (χ2n) is 15.8. The van der Waals surface area contributed by atoms with Gasteiger partial charge in [-0.2, -0.15) is 0 Å². The zero-order valence-electron chi connectivity index (χ0n) is 32.1. The first-order valence-electron chi connectivity index (χ1n) is 19.9. The van der Waals surface area contributed by atoms with Gasteiger partial charge in [0.05, 0.1) is 6.54 Å². The number of phenols is 1. The van der Waals surface area contributed by atoms with E-state index in [0.29, 0.717) is 62.0 Å². The molecule has 3 heterocycles. The SMILES string of the molecule is C=C1CCC(N2Cc3cc(CNC(=O)CN4CCN([C@@H](C)COc5ccc([C@H]6c7ccc(O)cc7CC[C@H]6c6ccccc6)cc5)CC4)ccc3C2=O)C(=O)N1. The molecule has 1 aliphatic carbocycles. The molecular formula is C46H51N5O5. The standard InChI is InChI=1S/C46H51N5O5/c1-30-8-19-42(45(54)48-30)51-27-36-24-32(9-16-41(36)46(51)55)26-47-43(53)28-49-20-22-50(23-21-49)31(2)29-56-38-14-10-34(11-15-38)44-39(33-6-4-3-5-7-33)17-12-35-25-37(52)13-18-40(35)44/h3-7,9-11,13-16,18,24-25,31,39,42,44,52H,1,8,12,17,19-23,26-29H2,2H3,(H,47,53)(H,48,54)/t31-,39-,42?,44+/m0/s1. The number of amides is 3. The molecule has 4 aromatic rings. The van der Waals surface area contributed by atoms with Crippen molar-refractivity contribution in [1.82, 2.24) is 25.3 Å². The number of phenolic OH excluding ortho intramolecular Hbond substituents is 1. The zero-order valence-corrected chi connectivity index (χ0v) is 32.1. The van der Waals surface area contributed by atoms with Gasteiger partial charge in [-0.05, 0) is 102 Å². The lowest BCUT2D eigenvalue weighted by atomic mass is 9.69. The number of piperidine rings is 1. The van der Waals surface area contributed by atoms with Crippen LogP contribution in [0.15, 0.2) is 103 Å². The fraction of sp³-hybridized carbons (Fsp3) is 0.370. The van der Waals surface area contributed by atoms with Crippen LogP contribution in [-0.2, 0) is 29.1 Å². The third-order valence-electron chi connectivity index (χ3n) is 12.1. The highest BCUT2D eigenvalue weighted by atomic mass is 16.5. The van der Waals surface area contributed by atoms with Crippen LogP contribution in [0.2, 0.25) is 0 Å². The highest BCUT2D eigenvalue weighted by Crippen LogP contribution is 2.47. The number of aromatic hydroxyl groups is 1. The van der Waals surface area contributed by atoms with E-state index in [9.17, 15) is 19.5 Å². The minimum Gasteiger partial charge on any atom is -0.508 e. The fourth-order valence-electron chi connectivity index (χ4n) is 9.01. The number of allylic oxidation sites excluding steroid dienone is 1. The minimum atomic E-state index is -0.491. The Labute approximate surface area is 329 Å². The molecule has 4 atom stereocenters.